The molecule has 4 rings (SSSR count). The molecule has 0 aliphatic carbocycles. The number of tetrazole rings is 1. The largest absolute Gasteiger partial charge is 0.454 e. The van der Waals surface area contributed by atoms with E-state index in [2.05, 4.69) is 20.8 Å². The second kappa shape index (κ2) is 6.23. The van der Waals surface area contributed by atoms with Crippen LogP contribution < -0.4 is 14.8 Å². The van der Waals surface area contributed by atoms with Crippen LogP contribution >= 0.6 is 0 Å². The first-order valence-electron chi connectivity index (χ1n) is 7.70. The Morgan fingerprint density at radius 2 is 1.96 bits per heavy atom. The van der Waals surface area contributed by atoms with Gasteiger partial charge in [-0.25, -0.2) is 4.68 Å². The molecule has 126 valence electrons. The smallest absolute Gasteiger partial charge is 0.251 e. The molecule has 0 saturated heterocycles. The van der Waals surface area contributed by atoms with Gasteiger partial charge >= 0.3 is 0 Å². The van der Waals surface area contributed by atoms with Crippen LogP contribution in [0.2, 0.25) is 0 Å². The average molecular weight is 337 g/mol. The van der Waals surface area contributed by atoms with Crippen molar-refractivity contribution in [3.05, 3.63) is 53.6 Å². The molecule has 0 spiro atoms. The van der Waals surface area contributed by atoms with E-state index >= 15 is 0 Å². The molecule has 8 nitrogen and oxygen atoms in total. The summed E-state index contributed by atoms with van der Waals surface area (Å²) in [6, 6.07) is 12.7. The molecule has 3 aromatic rings. The minimum absolute atomic E-state index is 0.152. The molecule has 2 heterocycles. The number of hydrogen-bond acceptors (Lipinski definition) is 6. The number of amides is 1. The summed E-state index contributed by atoms with van der Waals surface area (Å²) in [5, 5.41) is 14.2. The molecule has 1 amide bonds. The van der Waals surface area contributed by atoms with Crippen molar-refractivity contribution in [3.8, 4) is 22.9 Å². The predicted molar refractivity (Wildman–Crippen MR) is 88.0 cm³/mol. The molecule has 0 saturated carbocycles. The van der Waals surface area contributed by atoms with Gasteiger partial charge < -0.3 is 14.8 Å². The third-order valence-corrected chi connectivity index (χ3v) is 3.92. The first-order chi connectivity index (χ1) is 12.2. The Kier molecular flexibility index (Phi) is 3.77. The number of benzene rings is 2. The first-order valence-corrected chi connectivity index (χ1v) is 7.70. The van der Waals surface area contributed by atoms with Crippen LogP contribution in [0.5, 0.6) is 11.5 Å². The Morgan fingerprint density at radius 3 is 2.72 bits per heavy atom. The number of fused-ring (bicyclic) bond motifs is 1. The number of nitrogens with one attached hydrogen (secondary N) is 1. The lowest BCUT2D eigenvalue weighted by molar-refractivity contribution is 0.0951. The van der Waals surface area contributed by atoms with Gasteiger partial charge in [0.1, 0.15) is 0 Å². The lowest BCUT2D eigenvalue weighted by atomic mass is 10.1. The van der Waals surface area contributed by atoms with Gasteiger partial charge in [0, 0.05) is 24.7 Å². The van der Waals surface area contributed by atoms with Crippen molar-refractivity contribution in [2.24, 2.45) is 7.05 Å². The molecular formula is C17H15N5O3. The van der Waals surface area contributed by atoms with Crippen LogP contribution in [0, 0.1) is 0 Å². The fraction of sp³-hybridized carbons (Fsp3) is 0.176. The Bertz CT molecular complexity index is 920. The Hall–Kier alpha value is -3.42. The van der Waals surface area contributed by atoms with E-state index in [0.29, 0.717) is 23.7 Å². The van der Waals surface area contributed by atoms with Crippen LogP contribution in [-0.2, 0) is 13.6 Å². The zero-order chi connectivity index (χ0) is 17.2. The summed E-state index contributed by atoms with van der Waals surface area (Å²) in [7, 11) is 1.77. The topological polar surface area (TPSA) is 91.2 Å². The standard InChI is InChI=1S/C17H15N5O3/c1-22-16(19-20-21-22)12-3-5-13(6-4-12)17(23)18-9-11-2-7-14-15(8-11)25-10-24-14/h2-8H,9-10H2,1H3,(H,18,23). The fourth-order valence-corrected chi connectivity index (χ4v) is 2.58. The van der Waals surface area contributed by atoms with Gasteiger partial charge in [0.25, 0.3) is 5.91 Å². The van der Waals surface area contributed by atoms with Crippen molar-refractivity contribution < 1.29 is 14.3 Å². The number of aryl methyl sites for hydroxylation is 1. The number of aromatic nitrogens is 4. The minimum atomic E-state index is -0.152. The molecule has 0 fully saturated rings. The summed E-state index contributed by atoms with van der Waals surface area (Å²) in [6.45, 7) is 0.642. The highest BCUT2D eigenvalue weighted by molar-refractivity contribution is 5.94. The van der Waals surface area contributed by atoms with Crippen molar-refractivity contribution in [2.45, 2.75) is 6.54 Å². The lowest BCUT2D eigenvalue weighted by Crippen LogP contribution is -2.22. The number of carbonyl (C=O) groups excluding carboxylic acids is 1. The lowest BCUT2D eigenvalue weighted by Gasteiger charge is -2.07. The fourth-order valence-electron chi connectivity index (χ4n) is 2.58. The normalized spacial score (nSPS) is 12.2. The number of hydrogen-bond donors (Lipinski definition) is 1. The average Bonchev–Trinajstić information content (AvgIpc) is 3.28. The van der Waals surface area contributed by atoms with E-state index in [4.69, 9.17) is 9.47 Å². The number of rotatable bonds is 4. The molecular weight excluding hydrogens is 322 g/mol. The SMILES string of the molecule is Cn1nnnc1-c1ccc(C(=O)NCc2ccc3c(c2)OCO3)cc1. The molecule has 1 N–H and O–H groups in total. The molecule has 0 atom stereocenters. The molecule has 25 heavy (non-hydrogen) atoms. The highest BCUT2D eigenvalue weighted by Crippen LogP contribution is 2.32. The van der Waals surface area contributed by atoms with Crippen molar-refractivity contribution in [2.75, 3.05) is 6.79 Å². The molecule has 0 radical (unpaired) electrons. The molecule has 8 heteroatoms. The highest BCUT2D eigenvalue weighted by Gasteiger charge is 2.14. The van der Waals surface area contributed by atoms with Gasteiger partial charge in [-0.05, 0) is 40.3 Å². The minimum Gasteiger partial charge on any atom is -0.454 e. The van der Waals surface area contributed by atoms with Crippen LogP contribution in [0.25, 0.3) is 11.4 Å². The van der Waals surface area contributed by atoms with Crippen LogP contribution in [0.1, 0.15) is 15.9 Å². The molecule has 0 bridgehead atoms. The van der Waals surface area contributed by atoms with Gasteiger partial charge in [0.2, 0.25) is 6.79 Å². The maximum absolute atomic E-state index is 12.3. The van der Waals surface area contributed by atoms with E-state index < -0.39 is 0 Å². The van der Waals surface area contributed by atoms with E-state index in [0.717, 1.165) is 16.9 Å². The van der Waals surface area contributed by atoms with E-state index in [1.54, 1.807) is 23.9 Å². The van der Waals surface area contributed by atoms with Gasteiger partial charge in [-0.15, -0.1) is 5.10 Å². The molecule has 1 aliphatic heterocycles. The molecule has 1 aliphatic rings. The van der Waals surface area contributed by atoms with Gasteiger partial charge in [-0.1, -0.05) is 18.2 Å². The number of carbonyl (C=O) groups is 1. The third kappa shape index (κ3) is 3.01. The van der Waals surface area contributed by atoms with Crippen LogP contribution in [0.15, 0.2) is 42.5 Å². The van der Waals surface area contributed by atoms with Crippen LogP contribution in [0.3, 0.4) is 0 Å². The second-order valence-electron chi connectivity index (χ2n) is 5.57. The molecule has 0 unspecified atom stereocenters. The maximum atomic E-state index is 12.3. The van der Waals surface area contributed by atoms with Gasteiger partial charge in [-0.3, -0.25) is 4.79 Å². The van der Waals surface area contributed by atoms with E-state index in [-0.39, 0.29) is 12.7 Å². The highest BCUT2D eigenvalue weighted by atomic mass is 16.7. The number of nitrogens with zero attached hydrogens (tertiary/aromatic N) is 4. The predicted octanol–water partition coefficient (Wildman–Crippen LogP) is 1.54. The van der Waals surface area contributed by atoms with Crippen molar-refractivity contribution in [1.82, 2.24) is 25.5 Å². The summed E-state index contributed by atoms with van der Waals surface area (Å²) < 4.78 is 12.2. The third-order valence-electron chi connectivity index (χ3n) is 3.92. The zero-order valence-corrected chi connectivity index (χ0v) is 13.5. The quantitative estimate of drug-likeness (QED) is 0.776. The van der Waals surface area contributed by atoms with Gasteiger partial charge in [0.15, 0.2) is 17.3 Å². The van der Waals surface area contributed by atoms with Crippen molar-refractivity contribution in [1.29, 1.82) is 0 Å². The summed E-state index contributed by atoms with van der Waals surface area (Å²) in [5.41, 5.74) is 2.36. The second-order valence-corrected chi connectivity index (χ2v) is 5.57. The summed E-state index contributed by atoms with van der Waals surface area (Å²) in [5.74, 6) is 1.92. The first kappa shape index (κ1) is 15.1. The summed E-state index contributed by atoms with van der Waals surface area (Å²) in [4.78, 5) is 12.3. The summed E-state index contributed by atoms with van der Waals surface area (Å²) in [6.07, 6.45) is 0. The van der Waals surface area contributed by atoms with Crippen LogP contribution in [-0.4, -0.2) is 32.9 Å². The Labute approximate surface area is 143 Å². The summed E-state index contributed by atoms with van der Waals surface area (Å²) >= 11 is 0. The Morgan fingerprint density at radius 1 is 1.16 bits per heavy atom. The Balaban J connectivity index is 1.42. The zero-order valence-electron chi connectivity index (χ0n) is 13.5. The van der Waals surface area contributed by atoms with Gasteiger partial charge in [0.05, 0.1) is 0 Å². The van der Waals surface area contributed by atoms with E-state index in [9.17, 15) is 4.79 Å². The van der Waals surface area contributed by atoms with Crippen molar-refractivity contribution in [3.63, 3.8) is 0 Å². The van der Waals surface area contributed by atoms with E-state index in [1.165, 1.54) is 0 Å². The van der Waals surface area contributed by atoms with Crippen molar-refractivity contribution >= 4 is 5.91 Å². The van der Waals surface area contributed by atoms with Crippen LogP contribution in [0.4, 0.5) is 0 Å². The van der Waals surface area contributed by atoms with E-state index in [1.807, 2.05) is 30.3 Å². The maximum Gasteiger partial charge on any atom is 0.251 e. The number of ether oxygens (including phenoxy) is 2. The monoisotopic (exact) mass is 337 g/mol. The molecule has 1 aromatic heterocycles. The van der Waals surface area contributed by atoms with Gasteiger partial charge in [-0.2, -0.15) is 0 Å². The molecule has 2 aromatic carbocycles.